The van der Waals surface area contributed by atoms with E-state index in [2.05, 4.69) is 15.9 Å². The minimum absolute atomic E-state index is 0.0407. The number of halogens is 1. The molecule has 0 aliphatic rings. The highest BCUT2D eigenvalue weighted by atomic mass is 79.9. The number of aliphatic hydroxyl groups excluding tert-OH is 1. The van der Waals surface area contributed by atoms with Crippen LogP contribution in [0.4, 0.5) is 0 Å². The number of likely N-dealkylation sites (N-methyl/N-ethyl adjacent to an activating group) is 2. The molecule has 1 N–H and O–H groups in total. The van der Waals surface area contributed by atoms with Gasteiger partial charge in [-0.05, 0) is 25.6 Å². The Morgan fingerprint density at radius 2 is 2.00 bits per heavy atom. The van der Waals surface area contributed by atoms with Crippen LogP contribution in [0.5, 0.6) is 0 Å². The molecule has 0 aromatic heterocycles. The quantitative estimate of drug-likeness (QED) is 0.864. The molecule has 0 radical (unpaired) electrons. The van der Waals surface area contributed by atoms with Crippen molar-refractivity contribution in [3.8, 4) is 0 Å². The van der Waals surface area contributed by atoms with Crippen molar-refractivity contribution in [1.29, 1.82) is 0 Å². The first-order valence-electron chi connectivity index (χ1n) is 6.24. The summed E-state index contributed by atoms with van der Waals surface area (Å²) in [7, 11) is 3.62. The molecule has 1 aromatic rings. The Kier molecular flexibility index (Phi) is 6.48. The van der Waals surface area contributed by atoms with E-state index in [0.717, 1.165) is 10.0 Å². The molecule has 19 heavy (non-hydrogen) atoms. The molecule has 1 atom stereocenters. The SMILES string of the molecule is CC(O)CN(C)CC(=O)N(C)Cc1ccccc1Br. The van der Waals surface area contributed by atoms with E-state index in [9.17, 15) is 9.90 Å². The number of aliphatic hydroxyl groups is 1. The lowest BCUT2D eigenvalue weighted by Gasteiger charge is -2.23. The number of rotatable bonds is 6. The summed E-state index contributed by atoms with van der Waals surface area (Å²) >= 11 is 3.48. The van der Waals surface area contributed by atoms with E-state index in [1.807, 2.05) is 36.2 Å². The molecule has 106 valence electrons. The Hall–Kier alpha value is -0.910. The van der Waals surface area contributed by atoms with E-state index < -0.39 is 6.10 Å². The highest BCUT2D eigenvalue weighted by molar-refractivity contribution is 9.10. The molecule has 1 amide bonds. The zero-order chi connectivity index (χ0) is 14.4. The number of amides is 1. The second-order valence-electron chi connectivity index (χ2n) is 4.89. The topological polar surface area (TPSA) is 43.8 Å². The summed E-state index contributed by atoms with van der Waals surface area (Å²) in [5.41, 5.74) is 1.08. The first-order valence-corrected chi connectivity index (χ1v) is 7.03. The third-order valence-corrected chi connectivity index (χ3v) is 3.55. The predicted octanol–water partition coefficient (Wildman–Crippen LogP) is 1.72. The van der Waals surface area contributed by atoms with E-state index in [1.165, 1.54) is 0 Å². The molecule has 0 aliphatic heterocycles. The van der Waals surface area contributed by atoms with Gasteiger partial charge in [-0.15, -0.1) is 0 Å². The van der Waals surface area contributed by atoms with Gasteiger partial charge >= 0.3 is 0 Å². The predicted molar refractivity (Wildman–Crippen MR) is 79.8 cm³/mol. The van der Waals surface area contributed by atoms with Gasteiger partial charge in [0.25, 0.3) is 0 Å². The molecular formula is C14H21BrN2O2. The van der Waals surface area contributed by atoms with Crippen molar-refractivity contribution in [3.63, 3.8) is 0 Å². The average Bonchev–Trinajstić information content (AvgIpc) is 2.30. The van der Waals surface area contributed by atoms with Gasteiger partial charge in [0.1, 0.15) is 0 Å². The van der Waals surface area contributed by atoms with Crippen molar-refractivity contribution >= 4 is 21.8 Å². The summed E-state index contributed by atoms with van der Waals surface area (Å²) in [4.78, 5) is 15.6. The Balaban J connectivity index is 2.51. The lowest BCUT2D eigenvalue weighted by atomic mass is 10.2. The number of hydrogen-bond acceptors (Lipinski definition) is 3. The zero-order valence-electron chi connectivity index (χ0n) is 11.6. The van der Waals surface area contributed by atoms with Gasteiger partial charge in [-0.2, -0.15) is 0 Å². The monoisotopic (exact) mass is 328 g/mol. The standard InChI is InChI=1S/C14H21BrN2O2/c1-11(18)8-16(2)10-14(19)17(3)9-12-6-4-5-7-13(12)15/h4-7,11,18H,8-10H2,1-3H3. The Bertz CT molecular complexity index is 424. The molecule has 0 heterocycles. The molecule has 0 saturated carbocycles. The van der Waals surface area contributed by atoms with Gasteiger partial charge in [0.15, 0.2) is 0 Å². The summed E-state index contributed by atoms with van der Waals surface area (Å²) in [6.07, 6.45) is -0.425. The van der Waals surface area contributed by atoms with Crippen molar-refractivity contribution in [2.75, 3.05) is 27.2 Å². The second-order valence-corrected chi connectivity index (χ2v) is 5.74. The normalized spacial score (nSPS) is 12.5. The van der Waals surface area contributed by atoms with E-state index in [0.29, 0.717) is 19.6 Å². The molecule has 0 aliphatic carbocycles. The van der Waals surface area contributed by atoms with Crippen LogP contribution in [-0.2, 0) is 11.3 Å². The molecule has 0 fully saturated rings. The Morgan fingerprint density at radius 1 is 1.37 bits per heavy atom. The molecular weight excluding hydrogens is 308 g/mol. The zero-order valence-corrected chi connectivity index (χ0v) is 13.2. The number of carbonyl (C=O) groups is 1. The van der Waals surface area contributed by atoms with Gasteiger partial charge in [-0.3, -0.25) is 9.69 Å². The minimum Gasteiger partial charge on any atom is -0.392 e. The summed E-state index contributed by atoms with van der Waals surface area (Å²) in [6, 6.07) is 7.87. The van der Waals surface area contributed by atoms with Gasteiger partial charge in [-0.25, -0.2) is 0 Å². The van der Waals surface area contributed by atoms with E-state index in [4.69, 9.17) is 0 Å². The minimum atomic E-state index is -0.425. The van der Waals surface area contributed by atoms with Crippen LogP contribution in [0.25, 0.3) is 0 Å². The van der Waals surface area contributed by atoms with Crippen LogP contribution in [-0.4, -0.2) is 54.1 Å². The van der Waals surface area contributed by atoms with Crippen molar-refractivity contribution in [1.82, 2.24) is 9.80 Å². The van der Waals surface area contributed by atoms with Gasteiger partial charge in [0.2, 0.25) is 5.91 Å². The summed E-state index contributed by atoms with van der Waals surface area (Å²) in [5, 5.41) is 9.27. The highest BCUT2D eigenvalue weighted by Crippen LogP contribution is 2.17. The number of benzene rings is 1. The molecule has 0 saturated heterocycles. The van der Waals surface area contributed by atoms with Crippen molar-refractivity contribution in [3.05, 3.63) is 34.3 Å². The maximum Gasteiger partial charge on any atom is 0.236 e. The summed E-state index contributed by atoms with van der Waals surface area (Å²) in [5.74, 6) is 0.0407. The Morgan fingerprint density at radius 3 is 2.58 bits per heavy atom. The largest absolute Gasteiger partial charge is 0.392 e. The molecule has 1 rings (SSSR count). The number of nitrogens with zero attached hydrogens (tertiary/aromatic N) is 2. The number of carbonyl (C=O) groups excluding carboxylic acids is 1. The third kappa shape index (κ3) is 5.72. The van der Waals surface area contributed by atoms with Gasteiger partial charge < -0.3 is 10.0 Å². The summed E-state index contributed by atoms with van der Waals surface area (Å²) < 4.78 is 1.01. The van der Waals surface area contributed by atoms with Gasteiger partial charge in [0.05, 0.1) is 12.6 Å². The molecule has 0 bridgehead atoms. The fourth-order valence-corrected chi connectivity index (χ4v) is 2.25. The van der Waals surface area contributed by atoms with Crippen LogP contribution < -0.4 is 0 Å². The Labute approximate surface area is 123 Å². The molecule has 1 unspecified atom stereocenters. The first kappa shape index (κ1) is 16.1. The van der Waals surface area contributed by atoms with Crippen molar-refractivity contribution in [2.24, 2.45) is 0 Å². The second kappa shape index (κ2) is 7.62. The average molecular weight is 329 g/mol. The summed E-state index contributed by atoms with van der Waals surface area (Å²) in [6.45, 7) is 3.09. The van der Waals surface area contributed by atoms with Crippen LogP contribution in [0.1, 0.15) is 12.5 Å². The smallest absolute Gasteiger partial charge is 0.236 e. The van der Waals surface area contributed by atoms with Crippen LogP contribution in [0.15, 0.2) is 28.7 Å². The first-order chi connectivity index (χ1) is 8.90. The van der Waals surface area contributed by atoms with Gasteiger partial charge in [-0.1, -0.05) is 34.1 Å². The lowest BCUT2D eigenvalue weighted by molar-refractivity contribution is -0.131. The van der Waals surface area contributed by atoms with E-state index >= 15 is 0 Å². The third-order valence-electron chi connectivity index (χ3n) is 2.77. The van der Waals surface area contributed by atoms with Crippen LogP contribution in [0.2, 0.25) is 0 Å². The fourth-order valence-electron chi connectivity index (χ4n) is 1.84. The van der Waals surface area contributed by atoms with E-state index in [-0.39, 0.29) is 5.91 Å². The molecule has 5 heteroatoms. The maximum absolute atomic E-state index is 12.0. The number of hydrogen-bond donors (Lipinski definition) is 1. The fraction of sp³-hybridized carbons (Fsp3) is 0.500. The highest BCUT2D eigenvalue weighted by Gasteiger charge is 2.14. The van der Waals surface area contributed by atoms with E-state index in [1.54, 1.807) is 18.9 Å². The van der Waals surface area contributed by atoms with Crippen molar-refractivity contribution in [2.45, 2.75) is 19.6 Å². The molecule has 4 nitrogen and oxygen atoms in total. The van der Waals surface area contributed by atoms with Gasteiger partial charge in [0, 0.05) is 24.6 Å². The lowest BCUT2D eigenvalue weighted by Crippen LogP contribution is -2.38. The van der Waals surface area contributed by atoms with Crippen molar-refractivity contribution < 1.29 is 9.90 Å². The van der Waals surface area contributed by atoms with Crippen LogP contribution >= 0.6 is 15.9 Å². The maximum atomic E-state index is 12.0. The van der Waals surface area contributed by atoms with Crippen LogP contribution in [0, 0.1) is 0 Å². The molecule has 0 spiro atoms. The molecule has 1 aromatic carbocycles. The van der Waals surface area contributed by atoms with Crippen LogP contribution in [0.3, 0.4) is 0 Å².